The van der Waals surface area contributed by atoms with Crippen LogP contribution in [0.5, 0.6) is 5.75 Å². The van der Waals surface area contributed by atoms with E-state index < -0.39 is 12.0 Å². The second-order valence-electron chi connectivity index (χ2n) is 6.09. The van der Waals surface area contributed by atoms with Crippen molar-refractivity contribution < 1.29 is 23.5 Å². The van der Waals surface area contributed by atoms with Crippen molar-refractivity contribution >= 4 is 17.7 Å². The molecular formula is C20H23FN2O4. The van der Waals surface area contributed by atoms with Crippen LogP contribution in [0.4, 0.5) is 14.9 Å². The average molecular weight is 374 g/mol. The Morgan fingerprint density at radius 3 is 2.44 bits per heavy atom. The van der Waals surface area contributed by atoms with Gasteiger partial charge in [0, 0.05) is 12.5 Å². The molecule has 7 heteroatoms. The Morgan fingerprint density at radius 1 is 1.04 bits per heavy atom. The van der Waals surface area contributed by atoms with Crippen LogP contribution in [-0.2, 0) is 4.74 Å². The molecule has 144 valence electrons. The van der Waals surface area contributed by atoms with E-state index in [0.29, 0.717) is 24.5 Å². The summed E-state index contributed by atoms with van der Waals surface area (Å²) in [7, 11) is 0. The molecule has 0 aliphatic rings. The van der Waals surface area contributed by atoms with Gasteiger partial charge in [-0.1, -0.05) is 12.1 Å². The summed E-state index contributed by atoms with van der Waals surface area (Å²) >= 11 is 0. The van der Waals surface area contributed by atoms with Crippen LogP contribution in [0.2, 0.25) is 0 Å². The highest BCUT2D eigenvalue weighted by atomic mass is 19.1. The van der Waals surface area contributed by atoms with Crippen molar-refractivity contribution in [3.8, 4) is 5.75 Å². The Bertz CT molecular complexity index is 763. The smallest absolute Gasteiger partial charge is 0.340 e. The second kappa shape index (κ2) is 10.2. The van der Waals surface area contributed by atoms with Crippen LogP contribution in [-0.4, -0.2) is 31.3 Å². The number of hydrogen-bond acceptors (Lipinski definition) is 4. The molecular weight excluding hydrogens is 351 g/mol. The minimum Gasteiger partial charge on any atom is -0.493 e. The number of nitrogens with one attached hydrogen (secondary N) is 2. The Morgan fingerprint density at radius 2 is 1.74 bits per heavy atom. The fourth-order valence-electron chi connectivity index (χ4n) is 2.21. The molecule has 0 unspecified atom stereocenters. The molecule has 0 saturated heterocycles. The number of rotatable bonds is 8. The van der Waals surface area contributed by atoms with Crippen LogP contribution in [0.1, 0.15) is 30.6 Å². The van der Waals surface area contributed by atoms with E-state index in [1.54, 1.807) is 24.3 Å². The van der Waals surface area contributed by atoms with E-state index in [9.17, 15) is 14.0 Å². The summed E-state index contributed by atoms with van der Waals surface area (Å²) in [4.78, 5) is 24.1. The number of esters is 1. The summed E-state index contributed by atoms with van der Waals surface area (Å²) in [6.45, 7) is 4.17. The topological polar surface area (TPSA) is 76.7 Å². The highest BCUT2D eigenvalue weighted by Gasteiger charge is 2.14. The molecule has 2 rings (SSSR count). The Labute approximate surface area is 157 Å². The van der Waals surface area contributed by atoms with Gasteiger partial charge < -0.3 is 20.1 Å². The van der Waals surface area contributed by atoms with Gasteiger partial charge in [0.2, 0.25) is 0 Å². The van der Waals surface area contributed by atoms with Crippen LogP contribution in [0.15, 0.2) is 48.5 Å². The minimum atomic E-state index is -0.530. The molecule has 0 spiro atoms. The van der Waals surface area contributed by atoms with Crippen LogP contribution in [0, 0.1) is 5.82 Å². The first-order chi connectivity index (χ1) is 13.0. The van der Waals surface area contributed by atoms with Gasteiger partial charge in [-0.25, -0.2) is 14.0 Å². The number of benzene rings is 2. The summed E-state index contributed by atoms with van der Waals surface area (Å²) in [6.07, 6.45) is 0.479. The number of para-hydroxylation sites is 1. The molecule has 0 radical (unpaired) electrons. The molecule has 0 heterocycles. The van der Waals surface area contributed by atoms with Crippen molar-refractivity contribution in [1.29, 1.82) is 0 Å². The van der Waals surface area contributed by atoms with Gasteiger partial charge in [0.1, 0.15) is 11.6 Å². The van der Waals surface area contributed by atoms with Crippen LogP contribution < -0.4 is 15.4 Å². The average Bonchev–Trinajstić information content (AvgIpc) is 2.62. The molecule has 0 aliphatic carbocycles. The highest BCUT2D eigenvalue weighted by molar-refractivity contribution is 6.00. The molecule has 0 saturated carbocycles. The molecule has 27 heavy (non-hydrogen) atoms. The third kappa shape index (κ3) is 6.97. The maximum Gasteiger partial charge on any atom is 0.340 e. The standard InChI is InChI=1S/C20H23FN2O4/c1-14(2)22-20(25)23-18-7-4-3-6-17(18)19(24)27-13-5-12-26-16-10-8-15(21)9-11-16/h3-4,6-11,14H,5,12-13H2,1-2H3,(H2,22,23,25). The SMILES string of the molecule is CC(C)NC(=O)Nc1ccccc1C(=O)OCCCOc1ccc(F)cc1. The minimum absolute atomic E-state index is 0.0229. The number of carbonyl (C=O) groups is 2. The molecule has 2 N–H and O–H groups in total. The molecule has 0 bridgehead atoms. The van der Waals surface area contributed by atoms with Gasteiger partial charge in [-0.05, 0) is 50.2 Å². The fraction of sp³-hybridized carbons (Fsp3) is 0.300. The zero-order chi connectivity index (χ0) is 19.6. The lowest BCUT2D eigenvalue weighted by Gasteiger charge is -2.13. The largest absolute Gasteiger partial charge is 0.493 e. The summed E-state index contributed by atoms with van der Waals surface area (Å²) in [5.41, 5.74) is 0.652. The predicted molar refractivity (Wildman–Crippen MR) is 101 cm³/mol. The zero-order valence-electron chi connectivity index (χ0n) is 15.3. The Kier molecular flexibility index (Phi) is 7.61. The summed E-state index contributed by atoms with van der Waals surface area (Å²) < 4.78 is 23.5. The summed E-state index contributed by atoms with van der Waals surface area (Å²) in [5.74, 6) is -0.309. The van der Waals surface area contributed by atoms with Crippen molar-refractivity contribution in [2.24, 2.45) is 0 Å². The fourth-order valence-corrected chi connectivity index (χ4v) is 2.21. The first-order valence-corrected chi connectivity index (χ1v) is 8.67. The van der Waals surface area contributed by atoms with E-state index in [2.05, 4.69) is 10.6 Å². The Balaban J connectivity index is 1.80. The van der Waals surface area contributed by atoms with Gasteiger partial charge in [-0.15, -0.1) is 0 Å². The molecule has 6 nitrogen and oxygen atoms in total. The van der Waals surface area contributed by atoms with Crippen LogP contribution in [0.25, 0.3) is 0 Å². The third-order valence-electron chi connectivity index (χ3n) is 3.42. The lowest BCUT2D eigenvalue weighted by Crippen LogP contribution is -2.34. The molecule has 2 aromatic rings. The first kappa shape index (κ1) is 20.2. The maximum absolute atomic E-state index is 12.8. The quantitative estimate of drug-likeness (QED) is 0.541. The number of anilines is 1. The van der Waals surface area contributed by atoms with Crippen LogP contribution in [0.3, 0.4) is 0 Å². The number of ether oxygens (including phenoxy) is 2. The van der Waals surface area contributed by atoms with Crippen molar-refractivity contribution in [3.05, 3.63) is 59.9 Å². The number of carbonyl (C=O) groups excluding carboxylic acids is 2. The summed E-state index contributed by atoms with van der Waals surface area (Å²) in [5, 5.41) is 5.34. The first-order valence-electron chi connectivity index (χ1n) is 8.67. The highest BCUT2D eigenvalue weighted by Crippen LogP contribution is 2.16. The van der Waals surface area contributed by atoms with Crippen molar-refractivity contribution in [2.75, 3.05) is 18.5 Å². The third-order valence-corrected chi connectivity index (χ3v) is 3.42. The molecule has 2 aromatic carbocycles. The zero-order valence-corrected chi connectivity index (χ0v) is 15.3. The lowest BCUT2D eigenvalue weighted by atomic mass is 10.2. The summed E-state index contributed by atoms with van der Waals surface area (Å²) in [6, 6.07) is 11.9. The van der Waals surface area contributed by atoms with Gasteiger partial charge in [0.05, 0.1) is 24.5 Å². The van der Waals surface area contributed by atoms with Gasteiger partial charge in [-0.3, -0.25) is 0 Å². The normalized spacial score (nSPS) is 10.4. The maximum atomic E-state index is 12.8. The van der Waals surface area contributed by atoms with Gasteiger partial charge in [0.25, 0.3) is 0 Å². The number of amides is 2. The number of halogens is 1. The van der Waals surface area contributed by atoms with Crippen molar-refractivity contribution in [1.82, 2.24) is 5.32 Å². The monoisotopic (exact) mass is 374 g/mol. The molecule has 0 fully saturated rings. The predicted octanol–water partition coefficient (Wildman–Crippen LogP) is 3.98. The van der Waals surface area contributed by atoms with E-state index >= 15 is 0 Å². The Hall–Kier alpha value is -3.09. The molecule has 0 aliphatic heterocycles. The molecule has 0 aromatic heterocycles. The van der Waals surface area contributed by atoms with Gasteiger partial charge >= 0.3 is 12.0 Å². The van der Waals surface area contributed by atoms with Gasteiger partial charge in [0.15, 0.2) is 0 Å². The van der Waals surface area contributed by atoms with E-state index in [0.717, 1.165) is 0 Å². The number of urea groups is 1. The van der Waals surface area contributed by atoms with Crippen LogP contribution >= 0.6 is 0 Å². The van der Waals surface area contributed by atoms with Gasteiger partial charge in [-0.2, -0.15) is 0 Å². The van der Waals surface area contributed by atoms with E-state index in [4.69, 9.17) is 9.47 Å². The lowest BCUT2D eigenvalue weighted by molar-refractivity contribution is 0.0487. The number of hydrogen-bond donors (Lipinski definition) is 2. The second-order valence-corrected chi connectivity index (χ2v) is 6.09. The van der Waals surface area contributed by atoms with Crippen molar-refractivity contribution in [2.45, 2.75) is 26.3 Å². The van der Waals surface area contributed by atoms with Crippen molar-refractivity contribution in [3.63, 3.8) is 0 Å². The molecule has 2 amide bonds. The van der Waals surface area contributed by atoms with E-state index in [1.165, 1.54) is 24.3 Å². The van der Waals surface area contributed by atoms with E-state index in [-0.39, 0.29) is 24.0 Å². The van der Waals surface area contributed by atoms with E-state index in [1.807, 2.05) is 13.8 Å². The molecule has 0 atom stereocenters.